The van der Waals surface area contributed by atoms with Gasteiger partial charge in [-0.1, -0.05) is 38.0 Å². The van der Waals surface area contributed by atoms with E-state index in [-0.39, 0.29) is 12.5 Å². The zero-order chi connectivity index (χ0) is 15.4. The van der Waals surface area contributed by atoms with Crippen LogP contribution >= 0.6 is 0 Å². The molecule has 0 aliphatic carbocycles. The first-order valence-electron chi connectivity index (χ1n) is 7.42. The first-order chi connectivity index (χ1) is 10.0. The molecule has 1 amide bonds. The summed E-state index contributed by atoms with van der Waals surface area (Å²) in [4.78, 5) is 25.4. The van der Waals surface area contributed by atoms with Crippen molar-refractivity contribution in [2.24, 2.45) is 11.7 Å². The molecular formula is C16H22N2O3. The van der Waals surface area contributed by atoms with Crippen molar-refractivity contribution < 1.29 is 14.7 Å². The van der Waals surface area contributed by atoms with E-state index in [1.165, 1.54) is 0 Å². The number of carboxylic acid groups (broad SMARTS) is 1. The highest BCUT2D eigenvalue weighted by Gasteiger charge is 2.33. The van der Waals surface area contributed by atoms with Gasteiger partial charge in [0.05, 0.1) is 12.0 Å². The Balaban J connectivity index is 2.24. The first-order valence-corrected chi connectivity index (χ1v) is 7.42. The summed E-state index contributed by atoms with van der Waals surface area (Å²) in [5.74, 6) is -1.62. The Labute approximate surface area is 124 Å². The minimum atomic E-state index is -0.871. The molecule has 0 saturated carbocycles. The van der Waals surface area contributed by atoms with Crippen LogP contribution in [-0.2, 0) is 16.0 Å². The van der Waals surface area contributed by atoms with E-state index in [0.29, 0.717) is 12.8 Å². The number of hydrogen-bond acceptors (Lipinski definition) is 3. The number of para-hydroxylation sites is 1. The molecule has 5 nitrogen and oxygen atoms in total. The van der Waals surface area contributed by atoms with Crippen molar-refractivity contribution in [2.75, 3.05) is 11.4 Å². The Morgan fingerprint density at radius 3 is 2.81 bits per heavy atom. The summed E-state index contributed by atoms with van der Waals surface area (Å²) in [7, 11) is 0. The molecule has 0 spiro atoms. The minimum Gasteiger partial charge on any atom is -0.481 e. The molecule has 1 aliphatic rings. The number of aliphatic carboxylic acids is 1. The lowest BCUT2D eigenvalue weighted by Gasteiger charge is -2.34. The Hall–Kier alpha value is -1.88. The predicted octanol–water partition coefficient (Wildman–Crippen LogP) is 1.79. The van der Waals surface area contributed by atoms with Crippen LogP contribution in [0.2, 0.25) is 0 Å². The number of carbonyl (C=O) groups excluding carboxylic acids is 1. The smallest absolute Gasteiger partial charge is 0.308 e. The topological polar surface area (TPSA) is 83.6 Å². The predicted molar refractivity (Wildman–Crippen MR) is 81.1 cm³/mol. The van der Waals surface area contributed by atoms with Gasteiger partial charge in [0, 0.05) is 12.2 Å². The summed E-state index contributed by atoms with van der Waals surface area (Å²) in [6.07, 6.45) is 2.96. The lowest BCUT2D eigenvalue weighted by Crippen LogP contribution is -2.49. The number of unbranched alkanes of at least 4 members (excludes halogenated alkanes) is 1. The fraction of sp³-hybridized carbons (Fsp3) is 0.500. The highest BCUT2D eigenvalue weighted by Crippen LogP contribution is 2.30. The molecule has 0 radical (unpaired) electrons. The van der Waals surface area contributed by atoms with Gasteiger partial charge >= 0.3 is 5.97 Å². The quantitative estimate of drug-likeness (QED) is 0.866. The second-order valence-electron chi connectivity index (χ2n) is 5.57. The molecule has 0 bridgehead atoms. The number of benzene rings is 1. The summed E-state index contributed by atoms with van der Waals surface area (Å²) in [5.41, 5.74) is 7.67. The third kappa shape index (κ3) is 3.42. The molecule has 0 fully saturated rings. The number of anilines is 1. The van der Waals surface area contributed by atoms with E-state index in [4.69, 9.17) is 5.73 Å². The molecule has 1 aromatic rings. The van der Waals surface area contributed by atoms with Crippen LogP contribution < -0.4 is 10.6 Å². The van der Waals surface area contributed by atoms with Crippen molar-refractivity contribution in [3.8, 4) is 0 Å². The van der Waals surface area contributed by atoms with Gasteiger partial charge in [0.2, 0.25) is 5.91 Å². The molecule has 114 valence electrons. The van der Waals surface area contributed by atoms with Crippen LogP contribution in [0.1, 0.15) is 31.7 Å². The van der Waals surface area contributed by atoms with Crippen molar-refractivity contribution in [1.82, 2.24) is 0 Å². The van der Waals surface area contributed by atoms with E-state index in [0.717, 1.165) is 24.1 Å². The van der Waals surface area contributed by atoms with E-state index < -0.39 is 17.9 Å². The number of nitrogens with zero attached hydrogens (tertiary/aromatic N) is 1. The van der Waals surface area contributed by atoms with Crippen LogP contribution in [0, 0.1) is 5.92 Å². The zero-order valence-electron chi connectivity index (χ0n) is 12.3. The minimum absolute atomic E-state index is 0.179. The molecule has 1 aromatic carbocycles. The molecule has 3 N–H and O–H groups in total. The summed E-state index contributed by atoms with van der Waals surface area (Å²) in [5, 5.41) is 9.27. The molecule has 5 heteroatoms. The van der Waals surface area contributed by atoms with Gasteiger partial charge in [0.25, 0.3) is 0 Å². The standard InChI is InChI=1S/C16H22N2O3/c1-2-3-7-13(17)15(19)18-10-12(16(20)21)9-11-6-4-5-8-14(11)18/h4-6,8,12-13H,2-3,7,9-10,17H2,1H3,(H,20,21). The van der Waals surface area contributed by atoms with Gasteiger partial charge in [0.1, 0.15) is 0 Å². The van der Waals surface area contributed by atoms with E-state index >= 15 is 0 Å². The average Bonchev–Trinajstić information content (AvgIpc) is 2.50. The van der Waals surface area contributed by atoms with E-state index in [2.05, 4.69) is 0 Å². The van der Waals surface area contributed by atoms with E-state index in [1.807, 2.05) is 31.2 Å². The fourth-order valence-corrected chi connectivity index (χ4v) is 2.72. The normalized spacial score (nSPS) is 19.0. The fourth-order valence-electron chi connectivity index (χ4n) is 2.72. The second-order valence-corrected chi connectivity index (χ2v) is 5.57. The van der Waals surface area contributed by atoms with Gasteiger partial charge in [-0.15, -0.1) is 0 Å². The number of carboxylic acids is 1. The number of rotatable bonds is 5. The van der Waals surface area contributed by atoms with Crippen LogP contribution in [0.5, 0.6) is 0 Å². The largest absolute Gasteiger partial charge is 0.481 e. The monoisotopic (exact) mass is 290 g/mol. The summed E-state index contributed by atoms with van der Waals surface area (Å²) in [6.45, 7) is 2.25. The number of carbonyl (C=O) groups is 2. The van der Waals surface area contributed by atoms with Crippen LogP contribution in [0.15, 0.2) is 24.3 Å². The van der Waals surface area contributed by atoms with Crippen molar-refractivity contribution in [1.29, 1.82) is 0 Å². The van der Waals surface area contributed by atoms with Crippen LogP contribution in [0.4, 0.5) is 5.69 Å². The maximum absolute atomic E-state index is 12.5. The molecule has 0 aromatic heterocycles. The number of fused-ring (bicyclic) bond motifs is 1. The highest BCUT2D eigenvalue weighted by atomic mass is 16.4. The second kappa shape index (κ2) is 6.72. The maximum Gasteiger partial charge on any atom is 0.308 e. The summed E-state index contributed by atoms with van der Waals surface area (Å²) >= 11 is 0. The average molecular weight is 290 g/mol. The molecule has 2 rings (SSSR count). The Bertz CT molecular complexity index is 530. The SMILES string of the molecule is CCCCC(N)C(=O)N1CC(C(=O)O)Cc2ccccc21. The van der Waals surface area contributed by atoms with Gasteiger partial charge in [-0.05, 0) is 24.5 Å². The highest BCUT2D eigenvalue weighted by molar-refractivity contribution is 5.99. The lowest BCUT2D eigenvalue weighted by atomic mass is 9.92. The van der Waals surface area contributed by atoms with Crippen molar-refractivity contribution >= 4 is 17.6 Å². The molecule has 2 unspecified atom stereocenters. The van der Waals surface area contributed by atoms with Gasteiger partial charge < -0.3 is 15.7 Å². The molecular weight excluding hydrogens is 268 g/mol. The van der Waals surface area contributed by atoms with E-state index in [9.17, 15) is 14.7 Å². The maximum atomic E-state index is 12.5. The van der Waals surface area contributed by atoms with Gasteiger partial charge in [-0.25, -0.2) is 0 Å². The lowest BCUT2D eigenvalue weighted by molar-refractivity contribution is -0.141. The molecule has 2 atom stereocenters. The van der Waals surface area contributed by atoms with E-state index in [1.54, 1.807) is 4.90 Å². The number of nitrogens with two attached hydrogens (primary N) is 1. The van der Waals surface area contributed by atoms with Gasteiger partial charge in [0.15, 0.2) is 0 Å². The molecule has 1 heterocycles. The Morgan fingerprint density at radius 1 is 1.43 bits per heavy atom. The Kier molecular flexibility index (Phi) is 4.96. The van der Waals surface area contributed by atoms with Gasteiger partial charge in [-0.2, -0.15) is 0 Å². The van der Waals surface area contributed by atoms with Crippen LogP contribution in [0.25, 0.3) is 0 Å². The number of hydrogen-bond donors (Lipinski definition) is 2. The molecule has 0 saturated heterocycles. The first kappa shape index (κ1) is 15.5. The third-order valence-corrected chi connectivity index (χ3v) is 3.95. The summed E-state index contributed by atoms with van der Waals surface area (Å²) < 4.78 is 0. The number of amides is 1. The third-order valence-electron chi connectivity index (χ3n) is 3.95. The summed E-state index contributed by atoms with van der Waals surface area (Å²) in [6, 6.07) is 6.89. The van der Waals surface area contributed by atoms with Crippen molar-refractivity contribution in [3.05, 3.63) is 29.8 Å². The molecule has 21 heavy (non-hydrogen) atoms. The van der Waals surface area contributed by atoms with Crippen molar-refractivity contribution in [3.63, 3.8) is 0 Å². The van der Waals surface area contributed by atoms with Crippen molar-refractivity contribution in [2.45, 2.75) is 38.6 Å². The Morgan fingerprint density at radius 2 is 2.14 bits per heavy atom. The van der Waals surface area contributed by atoms with Gasteiger partial charge in [-0.3, -0.25) is 9.59 Å². The zero-order valence-corrected chi connectivity index (χ0v) is 12.3. The van der Waals surface area contributed by atoms with Crippen LogP contribution in [-0.4, -0.2) is 29.6 Å². The van der Waals surface area contributed by atoms with Crippen LogP contribution in [0.3, 0.4) is 0 Å². The molecule has 1 aliphatic heterocycles.